The average molecular weight is 353 g/mol. The summed E-state index contributed by atoms with van der Waals surface area (Å²) in [6.07, 6.45) is 3.61. The van der Waals surface area contributed by atoms with Gasteiger partial charge in [-0.25, -0.2) is 4.39 Å². The number of hydrogen-bond donors (Lipinski definition) is 1. The Hall–Kier alpha value is -2.96. The highest BCUT2D eigenvalue weighted by Crippen LogP contribution is 2.24. The first-order valence-electron chi connectivity index (χ1n) is 8.73. The lowest BCUT2D eigenvalue weighted by Gasteiger charge is -2.32. The molecule has 1 aliphatic rings. The fraction of sp³-hybridized carbons (Fsp3) is 0.316. The van der Waals surface area contributed by atoms with Crippen LogP contribution in [0.25, 0.3) is 5.65 Å². The van der Waals surface area contributed by atoms with Gasteiger partial charge in [-0.1, -0.05) is 12.1 Å². The summed E-state index contributed by atoms with van der Waals surface area (Å²) < 4.78 is 15.4. The van der Waals surface area contributed by atoms with Gasteiger partial charge in [-0.05, 0) is 49.6 Å². The van der Waals surface area contributed by atoms with Gasteiger partial charge in [0, 0.05) is 25.0 Å². The van der Waals surface area contributed by atoms with Crippen molar-refractivity contribution in [3.05, 3.63) is 54.0 Å². The monoisotopic (exact) mass is 353 g/mol. The molecule has 0 spiro atoms. The molecule has 3 heterocycles. The molecule has 0 saturated carbocycles. The predicted molar refractivity (Wildman–Crippen MR) is 97.7 cm³/mol. The van der Waals surface area contributed by atoms with E-state index in [9.17, 15) is 9.18 Å². The van der Waals surface area contributed by atoms with Crippen LogP contribution in [0.3, 0.4) is 0 Å². The minimum Gasteiger partial charge on any atom is -0.340 e. The van der Waals surface area contributed by atoms with E-state index in [0.717, 1.165) is 36.5 Å². The number of benzene rings is 1. The molecule has 0 aliphatic carbocycles. The summed E-state index contributed by atoms with van der Waals surface area (Å²) in [7, 11) is 0. The van der Waals surface area contributed by atoms with E-state index in [1.165, 1.54) is 12.1 Å². The molecule has 1 atom stereocenters. The lowest BCUT2D eigenvalue weighted by atomic mass is 9.97. The standard InChI is InChI=1S/C19H20FN5O/c1-13-7-8-15(20)11-16(13)21-18(26)14-5-4-9-24(12-14)19-23-22-17-6-2-3-10-25(17)19/h2-3,6-8,10-11,14H,4-5,9,12H2,1H3,(H,21,26)/t14-/m1/s1. The van der Waals surface area contributed by atoms with Crippen LogP contribution in [-0.2, 0) is 4.79 Å². The highest BCUT2D eigenvalue weighted by atomic mass is 19.1. The zero-order chi connectivity index (χ0) is 18.1. The molecule has 6 nitrogen and oxygen atoms in total. The van der Waals surface area contributed by atoms with Crippen molar-refractivity contribution in [3.63, 3.8) is 0 Å². The minimum atomic E-state index is -0.355. The number of aryl methyl sites for hydroxylation is 1. The molecule has 1 fully saturated rings. The van der Waals surface area contributed by atoms with Crippen LogP contribution in [0, 0.1) is 18.7 Å². The second kappa shape index (κ2) is 6.74. The number of aromatic nitrogens is 3. The summed E-state index contributed by atoms with van der Waals surface area (Å²) >= 11 is 0. The van der Waals surface area contributed by atoms with Gasteiger partial charge in [0.1, 0.15) is 5.82 Å². The summed E-state index contributed by atoms with van der Waals surface area (Å²) in [6, 6.07) is 10.2. The Balaban J connectivity index is 1.51. The maximum atomic E-state index is 13.5. The zero-order valence-corrected chi connectivity index (χ0v) is 14.5. The number of amides is 1. The van der Waals surface area contributed by atoms with Gasteiger partial charge in [-0.2, -0.15) is 0 Å². The fourth-order valence-electron chi connectivity index (χ4n) is 3.38. The van der Waals surface area contributed by atoms with Crippen molar-refractivity contribution in [3.8, 4) is 0 Å². The summed E-state index contributed by atoms with van der Waals surface area (Å²) in [5.41, 5.74) is 2.15. The molecular weight excluding hydrogens is 333 g/mol. The van der Waals surface area contributed by atoms with Gasteiger partial charge in [-0.3, -0.25) is 9.20 Å². The van der Waals surface area contributed by atoms with Crippen LogP contribution < -0.4 is 10.2 Å². The molecular formula is C19H20FN5O. The normalized spacial score (nSPS) is 17.5. The molecule has 26 heavy (non-hydrogen) atoms. The number of nitrogens with one attached hydrogen (secondary N) is 1. The molecule has 1 N–H and O–H groups in total. The van der Waals surface area contributed by atoms with Crippen molar-refractivity contribution >= 4 is 23.2 Å². The van der Waals surface area contributed by atoms with Gasteiger partial charge >= 0.3 is 0 Å². The van der Waals surface area contributed by atoms with Gasteiger partial charge in [0.15, 0.2) is 5.65 Å². The van der Waals surface area contributed by atoms with Crippen LogP contribution in [0.2, 0.25) is 0 Å². The molecule has 2 aromatic heterocycles. The van der Waals surface area contributed by atoms with Gasteiger partial charge in [-0.15, -0.1) is 10.2 Å². The summed E-state index contributed by atoms with van der Waals surface area (Å²) in [6.45, 7) is 3.25. The van der Waals surface area contributed by atoms with Crippen LogP contribution in [0.1, 0.15) is 18.4 Å². The van der Waals surface area contributed by atoms with Gasteiger partial charge in [0.25, 0.3) is 0 Å². The topological polar surface area (TPSA) is 62.5 Å². The third kappa shape index (κ3) is 3.12. The first-order chi connectivity index (χ1) is 12.6. The summed E-state index contributed by atoms with van der Waals surface area (Å²) in [4.78, 5) is 14.8. The Kier molecular flexibility index (Phi) is 4.28. The van der Waals surface area contributed by atoms with E-state index in [4.69, 9.17) is 0 Å². The number of hydrogen-bond acceptors (Lipinski definition) is 4. The molecule has 7 heteroatoms. The van der Waals surface area contributed by atoms with Crippen molar-refractivity contribution in [2.45, 2.75) is 19.8 Å². The number of anilines is 2. The van der Waals surface area contributed by atoms with Crippen LogP contribution in [0.5, 0.6) is 0 Å². The second-order valence-corrected chi connectivity index (χ2v) is 6.66. The lowest BCUT2D eigenvalue weighted by molar-refractivity contribution is -0.120. The molecule has 1 aromatic carbocycles. The predicted octanol–water partition coefficient (Wildman–Crippen LogP) is 3.03. The lowest BCUT2D eigenvalue weighted by Crippen LogP contribution is -2.41. The first kappa shape index (κ1) is 16.5. The molecule has 134 valence electrons. The minimum absolute atomic E-state index is 0.0859. The second-order valence-electron chi connectivity index (χ2n) is 6.66. The quantitative estimate of drug-likeness (QED) is 0.786. The molecule has 0 bridgehead atoms. The molecule has 3 aromatic rings. The van der Waals surface area contributed by atoms with Gasteiger partial charge in [0.05, 0.1) is 5.92 Å². The largest absolute Gasteiger partial charge is 0.340 e. The Morgan fingerprint density at radius 3 is 3.04 bits per heavy atom. The Bertz CT molecular complexity index is 954. The van der Waals surface area contributed by atoms with E-state index >= 15 is 0 Å². The average Bonchev–Trinajstić information content (AvgIpc) is 3.09. The molecule has 4 rings (SSSR count). The van der Waals surface area contributed by atoms with E-state index in [0.29, 0.717) is 12.2 Å². The molecule has 0 unspecified atom stereocenters. The Morgan fingerprint density at radius 1 is 1.27 bits per heavy atom. The highest BCUT2D eigenvalue weighted by molar-refractivity contribution is 5.93. The van der Waals surface area contributed by atoms with Crippen molar-refractivity contribution < 1.29 is 9.18 Å². The third-order valence-electron chi connectivity index (χ3n) is 4.83. The van der Waals surface area contributed by atoms with E-state index in [1.807, 2.05) is 35.7 Å². The maximum absolute atomic E-state index is 13.5. The summed E-state index contributed by atoms with van der Waals surface area (Å²) in [5.74, 6) is 0.130. The molecule has 1 amide bonds. The Morgan fingerprint density at radius 2 is 2.15 bits per heavy atom. The third-order valence-corrected chi connectivity index (χ3v) is 4.83. The molecule has 0 radical (unpaired) electrons. The number of nitrogens with zero attached hydrogens (tertiary/aromatic N) is 4. The van der Waals surface area contributed by atoms with Crippen LogP contribution >= 0.6 is 0 Å². The maximum Gasteiger partial charge on any atom is 0.231 e. The number of halogens is 1. The van der Waals surface area contributed by atoms with Gasteiger partial charge < -0.3 is 10.2 Å². The smallest absolute Gasteiger partial charge is 0.231 e. The van der Waals surface area contributed by atoms with Crippen molar-refractivity contribution in [1.29, 1.82) is 0 Å². The van der Waals surface area contributed by atoms with E-state index in [1.54, 1.807) is 6.07 Å². The highest BCUT2D eigenvalue weighted by Gasteiger charge is 2.28. The van der Waals surface area contributed by atoms with Crippen molar-refractivity contribution in [2.24, 2.45) is 5.92 Å². The zero-order valence-electron chi connectivity index (χ0n) is 14.5. The van der Waals surface area contributed by atoms with Crippen LogP contribution in [0.15, 0.2) is 42.6 Å². The molecule has 1 aliphatic heterocycles. The van der Waals surface area contributed by atoms with Crippen molar-refractivity contribution in [2.75, 3.05) is 23.3 Å². The number of rotatable bonds is 3. The van der Waals surface area contributed by atoms with E-state index in [2.05, 4.69) is 20.4 Å². The van der Waals surface area contributed by atoms with Gasteiger partial charge in [0.2, 0.25) is 11.9 Å². The SMILES string of the molecule is Cc1ccc(F)cc1NC(=O)[C@@H]1CCCN(c2nnc3ccccn23)C1. The van der Waals surface area contributed by atoms with E-state index < -0.39 is 0 Å². The van der Waals surface area contributed by atoms with Crippen molar-refractivity contribution in [1.82, 2.24) is 14.6 Å². The summed E-state index contributed by atoms with van der Waals surface area (Å²) in [5, 5.41) is 11.3. The number of carbonyl (C=O) groups is 1. The number of pyridine rings is 1. The number of carbonyl (C=O) groups excluding carboxylic acids is 1. The number of fused-ring (bicyclic) bond motifs is 1. The Labute approximate surface area is 150 Å². The van der Waals surface area contributed by atoms with E-state index in [-0.39, 0.29) is 17.6 Å². The van der Waals surface area contributed by atoms with Crippen LogP contribution in [-0.4, -0.2) is 33.6 Å². The fourth-order valence-corrected chi connectivity index (χ4v) is 3.38. The van der Waals surface area contributed by atoms with Crippen LogP contribution in [0.4, 0.5) is 16.0 Å². The number of piperidine rings is 1. The molecule has 1 saturated heterocycles. The first-order valence-corrected chi connectivity index (χ1v) is 8.73.